The van der Waals surface area contributed by atoms with Crippen molar-refractivity contribution in [1.29, 1.82) is 0 Å². The number of hydrogen-bond acceptors (Lipinski definition) is 8. The van der Waals surface area contributed by atoms with Crippen molar-refractivity contribution in [3.8, 4) is 0 Å². The second kappa shape index (κ2) is 11.0. The molecule has 3 unspecified atom stereocenters. The van der Waals surface area contributed by atoms with Gasteiger partial charge in [0.25, 0.3) is 0 Å². The molecule has 1 saturated heterocycles. The molecule has 2 aromatic rings. The number of β-amino-alcohol motifs (C(OH)–C–C–N with tert-alkyl or cyclic N) is 1. The summed E-state index contributed by atoms with van der Waals surface area (Å²) in [5, 5.41) is 42.8. The minimum absolute atomic E-state index is 0.0936. The molecule has 192 valence electrons. The minimum Gasteiger partial charge on any atom is -0.394 e. The normalized spacial score (nSPS) is 25.2. The number of halogens is 3. The fourth-order valence-corrected chi connectivity index (χ4v) is 5.46. The fourth-order valence-electron chi connectivity index (χ4n) is 4.39. The highest BCUT2D eigenvalue weighted by Gasteiger charge is 2.36. The van der Waals surface area contributed by atoms with Gasteiger partial charge in [0.05, 0.1) is 48.4 Å². The van der Waals surface area contributed by atoms with Crippen LogP contribution in [-0.2, 0) is 10.9 Å². The van der Waals surface area contributed by atoms with Crippen molar-refractivity contribution in [1.82, 2.24) is 5.32 Å². The topological polar surface area (TPSA) is 105 Å². The van der Waals surface area contributed by atoms with Crippen molar-refractivity contribution < 1.29 is 38.3 Å². The number of hydrogen-bond donors (Lipinski definition) is 5. The summed E-state index contributed by atoms with van der Waals surface area (Å²) in [6.07, 6.45) is -7.91. The summed E-state index contributed by atoms with van der Waals surface area (Å²) in [6.45, 7) is 0.343. The summed E-state index contributed by atoms with van der Waals surface area (Å²) in [6, 6.07) is 11.0. The summed E-state index contributed by atoms with van der Waals surface area (Å²) in [5.74, 6) is 0. The van der Waals surface area contributed by atoms with Crippen LogP contribution in [0.2, 0.25) is 0 Å². The molecule has 5 N–H and O–H groups in total. The molecule has 2 aliphatic rings. The van der Waals surface area contributed by atoms with Gasteiger partial charge in [-0.15, -0.1) is 0 Å². The standard InChI is InChI=1S/C24H29F3N2O5S/c25-24(26,27)14-5-6-22-18(9-14)29(17-3-1-2-4-21(17)35-22)12-15(31)11-28-8-7-16-10-19(32)23(33)20(13-30)34-16/h1-6,9,15-16,19-20,23,28,30-33H,7-8,10-13H2/t15?,16-,19?,20?,23+/m1/s1. The van der Waals surface area contributed by atoms with E-state index in [1.165, 1.54) is 17.8 Å². The average molecular weight is 515 g/mol. The Balaban J connectivity index is 1.38. The van der Waals surface area contributed by atoms with Crippen LogP contribution in [0.5, 0.6) is 0 Å². The number of fused-ring (bicyclic) bond motifs is 2. The van der Waals surface area contributed by atoms with Crippen LogP contribution in [0.1, 0.15) is 18.4 Å². The van der Waals surface area contributed by atoms with Gasteiger partial charge < -0.3 is 35.4 Å². The third-order valence-electron chi connectivity index (χ3n) is 6.20. The lowest BCUT2D eigenvalue weighted by Crippen LogP contribution is -2.50. The molecule has 0 aliphatic carbocycles. The zero-order valence-corrected chi connectivity index (χ0v) is 19.7. The van der Waals surface area contributed by atoms with E-state index in [0.717, 1.165) is 22.7 Å². The number of ether oxygens (including phenoxy) is 1. The Hall–Kier alpha value is -1.86. The Morgan fingerprint density at radius 3 is 2.60 bits per heavy atom. The molecule has 2 heterocycles. The molecule has 0 saturated carbocycles. The second-order valence-corrected chi connectivity index (χ2v) is 9.86. The third-order valence-corrected chi connectivity index (χ3v) is 7.33. The van der Waals surface area contributed by atoms with E-state index >= 15 is 0 Å². The zero-order valence-electron chi connectivity index (χ0n) is 18.9. The molecule has 1 fully saturated rings. The van der Waals surface area contributed by atoms with Crippen molar-refractivity contribution >= 4 is 23.1 Å². The number of aliphatic hydroxyl groups is 4. The zero-order chi connectivity index (χ0) is 25.2. The minimum atomic E-state index is -4.47. The van der Waals surface area contributed by atoms with Crippen molar-refractivity contribution in [2.45, 2.75) is 59.3 Å². The van der Waals surface area contributed by atoms with Gasteiger partial charge in [-0.25, -0.2) is 0 Å². The first-order valence-electron chi connectivity index (χ1n) is 11.4. The number of anilines is 2. The maximum Gasteiger partial charge on any atom is 0.416 e. The van der Waals surface area contributed by atoms with Crippen LogP contribution >= 0.6 is 11.8 Å². The molecule has 0 radical (unpaired) electrons. The Labute approximate surface area is 205 Å². The highest BCUT2D eigenvalue weighted by molar-refractivity contribution is 7.99. The van der Waals surface area contributed by atoms with E-state index in [1.807, 2.05) is 24.3 Å². The van der Waals surface area contributed by atoms with Gasteiger partial charge >= 0.3 is 6.18 Å². The Morgan fingerprint density at radius 2 is 1.86 bits per heavy atom. The molecule has 11 heteroatoms. The first kappa shape index (κ1) is 26.2. The van der Waals surface area contributed by atoms with E-state index in [-0.39, 0.29) is 25.6 Å². The summed E-state index contributed by atoms with van der Waals surface area (Å²) in [4.78, 5) is 3.30. The van der Waals surface area contributed by atoms with Gasteiger partial charge in [0.2, 0.25) is 0 Å². The molecule has 5 atom stereocenters. The molecule has 35 heavy (non-hydrogen) atoms. The van der Waals surface area contributed by atoms with E-state index in [4.69, 9.17) is 4.74 Å². The molecule has 7 nitrogen and oxygen atoms in total. The number of aliphatic hydroxyl groups excluding tert-OH is 4. The molecule has 4 rings (SSSR count). The van der Waals surface area contributed by atoms with Gasteiger partial charge in [-0.05, 0) is 43.3 Å². The predicted octanol–water partition coefficient (Wildman–Crippen LogP) is 2.52. The fraction of sp³-hybridized carbons (Fsp3) is 0.500. The van der Waals surface area contributed by atoms with Crippen molar-refractivity contribution in [3.63, 3.8) is 0 Å². The molecular weight excluding hydrogens is 485 g/mol. The molecule has 0 bridgehead atoms. The van der Waals surface area contributed by atoms with Crippen LogP contribution in [0.4, 0.5) is 24.5 Å². The van der Waals surface area contributed by atoms with Crippen molar-refractivity contribution in [3.05, 3.63) is 48.0 Å². The summed E-state index contributed by atoms with van der Waals surface area (Å²) in [7, 11) is 0. The van der Waals surface area contributed by atoms with E-state index in [9.17, 15) is 33.6 Å². The predicted molar refractivity (Wildman–Crippen MR) is 125 cm³/mol. The quantitative estimate of drug-likeness (QED) is 0.343. The summed E-state index contributed by atoms with van der Waals surface area (Å²) in [5.41, 5.74) is 0.400. The van der Waals surface area contributed by atoms with Crippen LogP contribution in [0, 0.1) is 0 Å². The molecule has 0 spiro atoms. The van der Waals surface area contributed by atoms with E-state index in [0.29, 0.717) is 23.5 Å². The van der Waals surface area contributed by atoms with Crippen LogP contribution in [0.25, 0.3) is 0 Å². The number of para-hydroxylation sites is 1. The molecule has 2 aromatic carbocycles. The third kappa shape index (κ3) is 6.11. The number of nitrogens with one attached hydrogen (secondary N) is 1. The molecule has 0 amide bonds. The van der Waals surface area contributed by atoms with Crippen LogP contribution in [0.15, 0.2) is 52.3 Å². The highest BCUT2D eigenvalue weighted by Crippen LogP contribution is 2.49. The number of rotatable bonds is 8. The summed E-state index contributed by atoms with van der Waals surface area (Å²) >= 11 is 1.40. The lowest BCUT2D eigenvalue weighted by Gasteiger charge is -2.36. The van der Waals surface area contributed by atoms with Crippen molar-refractivity contribution in [2.24, 2.45) is 0 Å². The monoisotopic (exact) mass is 514 g/mol. The summed E-state index contributed by atoms with van der Waals surface area (Å²) < 4.78 is 45.7. The SMILES string of the molecule is OCC1O[C@H](CCNCC(O)CN2c3ccccc3Sc3ccc(C(F)(F)F)cc32)CC(O)[C@@H]1O. The Bertz CT molecular complexity index is 1010. The molecule has 2 aliphatic heterocycles. The van der Waals surface area contributed by atoms with Gasteiger partial charge in [0.15, 0.2) is 0 Å². The number of nitrogens with zero attached hydrogens (tertiary/aromatic N) is 1. The Morgan fingerprint density at radius 1 is 1.11 bits per heavy atom. The van der Waals surface area contributed by atoms with Gasteiger partial charge in [0.1, 0.15) is 12.2 Å². The smallest absolute Gasteiger partial charge is 0.394 e. The van der Waals surface area contributed by atoms with Crippen LogP contribution in [-0.4, -0.2) is 77.2 Å². The molecule has 0 aromatic heterocycles. The van der Waals surface area contributed by atoms with E-state index < -0.39 is 42.8 Å². The van der Waals surface area contributed by atoms with Gasteiger partial charge in [0, 0.05) is 22.8 Å². The Kier molecular flexibility index (Phi) is 8.26. The van der Waals surface area contributed by atoms with Crippen LogP contribution in [0.3, 0.4) is 0 Å². The molecular formula is C24H29F3N2O5S. The lowest BCUT2D eigenvalue weighted by atomic mass is 9.96. The first-order chi connectivity index (χ1) is 16.7. The maximum atomic E-state index is 13.4. The largest absolute Gasteiger partial charge is 0.416 e. The van der Waals surface area contributed by atoms with Crippen LogP contribution < -0.4 is 10.2 Å². The van der Waals surface area contributed by atoms with Gasteiger partial charge in [-0.2, -0.15) is 13.2 Å². The average Bonchev–Trinajstić information content (AvgIpc) is 2.82. The second-order valence-electron chi connectivity index (χ2n) is 8.78. The van der Waals surface area contributed by atoms with E-state index in [2.05, 4.69) is 5.32 Å². The maximum absolute atomic E-state index is 13.4. The van der Waals surface area contributed by atoms with E-state index in [1.54, 1.807) is 4.90 Å². The van der Waals surface area contributed by atoms with Gasteiger partial charge in [-0.3, -0.25) is 0 Å². The highest BCUT2D eigenvalue weighted by atomic mass is 32.2. The number of benzene rings is 2. The lowest BCUT2D eigenvalue weighted by molar-refractivity contribution is -0.180. The number of alkyl halides is 3. The van der Waals surface area contributed by atoms with Gasteiger partial charge in [-0.1, -0.05) is 23.9 Å². The first-order valence-corrected chi connectivity index (χ1v) is 12.3. The van der Waals surface area contributed by atoms with Crippen molar-refractivity contribution in [2.75, 3.05) is 31.1 Å².